The quantitative estimate of drug-likeness (QED) is 0.593. The van der Waals surface area contributed by atoms with Gasteiger partial charge in [0.05, 0.1) is 24.7 Å². The maximum absolute atomic E-state index is 11.7. The molecule has 3 rings (SSSR count). The van der Waals surface area contributed by atoms with Gasteiger partial charge in [-0.2, -0.15) is 0 Å². The van der Waals surface area contributed by atoms with Crippen LogP contribution in [0, 0.1) is 0 Å². The van der Waals surface area contributed by atoms with E-state index in [0.717, 1.165) is 12.8 Å². The highest BCUT2D eigenvalue weighted by Crippen LogP contribution is 2.35. The minimum absolute atomic E-state index is 0.0346. The predicted octanol–water partition coefficient (Wildman–Crippen LogP) is -1.10. The van der Waals surface area contributed by atoms with Crippen molar-refractivity contribution in [3.05, 3.63) is 0 Å². The molecule has 2 saturated heterocycles. The van der Waals surface area contributed by atoms with Crippen molar-refractivity contribution in [2.24, 2.45) is 5.73 Å². The topological polar surface area (TPSA) is 93.8 Å². The fourth-order valence-corrected chi connectivity index (χ4v) is 2.76. The van der Waals surface area contributed by atoms with E-state index in [0.29, 0.717) is 25.4 Å². The molecule has 1 saturated carbocycles. The largest absolute Gasteiger partial charge is 0.388 e. The number of hydrogen-bond donors (Lipinski definition) is 3. The molecule has 2 heterocycles. The van der Waals surface area contributed by atoms with Gasteiger partial charge >= 0.3 is 0 Å². The summed E-state index contributed by atoms with van der Waals surface area (Å²) >= 11 is 0. The van der Waals surface area contributed by atoms with E-state index in [4.69, 9.17) is 15.2 Å². The third-order valence-electron chi connectivity index (χ3n) is 3.87. The highest BCUT2D eigenvalue weighted by molar-refractivity contribution is 5.77. The number of hydrogen-bond acceptors (Lipinski definition) is 5. The molecule has 6 heteroatoms. The zero-order valence-electron chi connectivity index (χ0n) is 10.2. The Labute approximate surface area is 106 Å². The molecule has 0 spiro atoms. The maximum atomic E-state index is 11.7. The number of fused-ring (bicyclic) bond motifs is 1. The first-order valence-corrected chi connectivity index (χ1v) is 6.66. The first-order chi connectivity index (χ1) is 8.67. The number of aliphatic hydroxyl groups is 1. The normalized spacial score (nSPS) is 42.9. The third-order valence-corrected chi connectivity index (χ3v) is 3.87. The van der Waals surface area contributed by atoms with Crippen molar-refractivity contribution in [1.29, 1.82) is 0 Å². The van der Waals surface area contributed by atoms with Gasteiger partial charge in [-0.1, -0.05) is 0 Å². The SMILES string of the molecule is NC[C@H]1O[C@@H]2C[C@@H](CC(=O)NC3CC3)O[C@@H]2[C@@H]1O. The molecular formula is C12H20N2O4. The second kappa shape index (κ2) is 4.77. The van der Waals surface area contributed by atoms with Crippen LogP contribution in [0.15, 0.2) is 0 Å². The van der Waals surface area contributed by atoms with Crippen LogP contribution in [0.2, 0.25) is 0 Å². The number of nitrogens with two attached hydrogens (primary N) is 1. The lowest BCUT2D eigenvalue weighted by Gasteiger charge is -2.18. The number of amides is 1. The Morgan fingerprint density at radius 2 is 2.17 bits per heavy atom. The Balaban J connectivity index is 1.49. The van der Waals surface area contributed by atoms with Crippen LogP contribution in [0.1, 0.15) is 25.7 Å². The van der Waals surface area contributed by atoms with Crippen LogP contribution in [0.5, 0.6) is 0 Å². The summed E-state index contributed by atoms with van der Waals surface area (Å²) in [6.45, 7) is 0.296. The van der Waals surface area contributed by atoms with Crippen LogP contribution < -0.4 is 11.1 Å². The second-order valence-electron chi connectivity index (χ2n) is 5.44. The van der Waals surface area contributed by atoms with Gasteiger partial charge in [-0.15, -0.1) is 0 Å². The van der Waals surface area contributed by atoms with E-state index in [1.54, 1.807) is 0 Å². The molecule has 2 aliphatic heterocycles. The van der Waals surface area contributed by atoms with Gasteiger partial charge in [-0.3, -0.25) is 4.79 Å². The fraction of sp³-hybridized carbons (Fsp3) is 0.917. The molecule has 0 unspecified atom stereocenters. The molecule has 3 fully saturated rings. The Bertz CT molecular complexity index is 334. The Morgan fingerprint density at radius 1 is 1.39 bits per heavy atom. The molecule has 0 bridgehead atoms. The van der Waals surface area contributed by atoms with Crippen molar-refractivity contribution in [2.75, 3.05) is 6.54 Å². The van der Waals surface area contributed by atoms with E-state index < -0.39 is 6.10 Å². The number of nitrogens with one attached hydrogen (secondary N) is 1. The van der Waals surface area contributed by atoms with Crippen molar-refractivity contribution < 1.29 is 19.4 Å². The molecule has 0 radical (unpaired) electrons. The Morgan fingerprint density at radius 3 is 2.78 bits per heavy atom. The van der Waals surface area contributed by atoms with Crippen molar-refractivity contribution in [1.82, 2.24) is 5.32 Å². The Kier molecular flexibility index (Phi) is 3.27. The van der Waals surface area contributed by atoms with Gasteiger partial charge in [-0.25, -0.2) is 0 Å². The van der Waals surface area contributed by atoms with Crippen LogP contribution >= 0.6 is 0 Å². The number of rotatable bonds is 4. The summed E-state index contributed by atoms with van der Waals surface area (Å²) in [6, 6.07) is 0.377. The van der Waals surface area contributed by atoms with Crippen molar-refractivity contribution in [3.63, 3.8) is 0 Å². The van der Waals surface area contributed by atoms with Gasteiger partial charge in [0.2, 0.25) is 5.91 Å². The lowest BCUT2D eigenvalue weighted by Crippen LogP contribution is -2.37. The van der Waals surface area contributed by atoms with Crippen molar-refractivity contribution in [2.45, 2.75) is 62.2 Å². The summed E-state index contributed by atoms with van der Waals surface area (Å²) in [5.74, 6) is 0.0346. The molecule has 1 aliphatic carbocycles. The van der Waals surface area contributed by atoms with Crippen LogP contribution in [-0.4, -0.2) is 54.1 Å². The number of carbonyl (C=O) groups excluding carboxylic acids is 1. The van der Waals surface area contributed by atoms with Gasteiger partial charge in [0.1, 0.15) is 12.2 Å². The maximum Gasteiger partial charge on any atom is 0.222 e. The number of aliphatic hydroxyl groups excluding tert-OH is 1. The summed E-state index contributed by atoms with van der Waals surface area (Å²) in [6.07, 6.45) is 1.60. The minimum Gasteiger partial charge on any atom is -0.388 e. The van der Waals surface area contributed by atoms with E-state index in [1.165, 1.54) is 0 Å². The molecule has 18 heavy (non-hydrogen) atoms. The van der Waals surface area contributed by atoms with Gasteiger partial charge in [0.25, 0.3) is 0 Å². The summed E-state index contributed by atoms with van der Waals surface area (Å²) in [4.78, 5) is 11.7. The first kappa shape index (κ1) is 12.3. The van der Waals surface area contributed by atoms with Gasteiger partial charge in [0.15, 0.2) is 0 Å². The standard InChI is InChI=1S/C12H20N2O4/c13-5-9-11(16)12-8(18-9)3-7(17-12)4-10(15)14-6-1-2-6/h6-9,11-12,16H,1-5,13H2,(H,14,15)/t7-,8+,9+,11+,12-/m0/s1. The molecule has 1 amide bonds. The molecule has 6 nitrogen and oxygen atoms in total. The van der Waals surface area contributed by atoms with E-state index >= 15 is 0 Å². The molecule has 0 aromatic rings. The van der Waals surface area contributed by atoms with E-state index in [9.17, 15) is 9.90 Å². The second-order valence-corrected chi connectivity index (χ2v) is 5.44. The summed E-state index contributed by atoms with van der Waals surface area (Å²) in [7, 11) is 0. The van der Waals surface area contributed by atoms with Crippen molar-refractivity contribution in [3.8, 4) is 0 Å². The average molecular weight is 256 g/mol. The minimum atomic E-state index is -0.670. The van der Waals surface area contributed by atoms with Gasteiger partial charge < -0.3 is 25.6 Å². The zero-order chi connectivity index (χ0) is 12.7. The van der Waals surface area contributed by atoms with Gasteiger partial charge in [-0.05, 0) is 12.8 Å². The lowest BCUT2D eigenvalue weighted by molar-refractivity contribution is -0.124. The van der Waals surface area contributed by atoms with Crippen LogP contribution in [-0.2, 0) is 14.3 Å². The Hall–Kier alpha value is -0.690. The summed E-state index contributed by atoms with van der Waals surface area (Å²) in [5.41, 5.74) is 5.50. The zero-order valence-corrected chi connectivity index (χ0v) is 10.2. The van der Waals surface area contributed by atoms with Gasteiger partial charge in [0, 0.05) is 19.0 Å². The first-order valence-electron chi connectivity index (χ1n) is 6.66. The lowest BCUT2D eigenvalue weighted by atomic mass is 10.1. The molecule has 0 aromatic carbocycles. The number of ether oxygens (including phenoxy) is 2. The highest BCUT2D eigenvalue weighted by atomic mass is 16.6. The average Bonchev–Trinajstić information content (AvgIpc) is 2.97. The number of carbonyl (C=O) groups is 1. The third kappa shape index (κ3) is 2.38. The molecule has 0 aromatic heterocycles. The fourth-order valence-electron chi connectivity index (χ4n) is 2.76. The smallest absolute Gasteiger partial charge is 0.222 e. The highest BCUT2D eigenvalue weighted by Gasteiger charge is 2.50. The molecule has 4 N–H and O–H groups in total. The molecule has 5 atom stereocenters. The van der Waals surface area contributed by atoms with E-state index in [2.05, 4.69) is 5.32 Å². The molecule has 102 valence electrons. The van der Waals surface area contributed by atoms with E-state index in [1.807, 2.05) is 0 Å². The monoisotopic (exact) mass is 256 g/mol. The summed E-state index contributed by atoms with van der Waals surface area (Å²) in [5, 5.41) is 12.9. The van der Waals surface area contributed by atoms with E-state index in [-0.39, 0.29) is 30.3 Å². The van der Waals surface area contributed by atoms with Crippen LogP contribution in [0.3, 0.4) is 0 Å². The van der Waals surface area contributed by atoms with Crippen LogP contribution in [0.25, 0.3) is 0 Å². The van der Waals surface area contributed by atoms with Crippen LogP contribution in [0.4, 0.5) is 0 Å². The predicted molar refractivity (Wildman–Crippen MR) is 62.8 cm³/mol. The van der Waals surface area contributed by atoms with Crippen molar-refractivity contribution >= 4 is 5.91 Å². The molecular weight excluding hydrogens is 236 g/mol. The molecule has 3 aliphatic rings. The summed E-state index contributed by atoms with van der Waals surface area (Å²) < 4.78 is 11.3.